The summed E-state index contributed by atoms with van der Waals surface area (Å²) in [4.78, 5) is 10.4. The van der Waals surface area contributed by atoms with Gasteiger partial charge in [-0.2, -0.15) is 0 Å². The molecule has 0 fully saturated rings. The number of carboxylic acid groups (broad SMARTS) is 1. The third-order valence-corrected chi connectivity index (χ3v) is 1.60. The van der Waals surface area contributed by atoms with E-state index in [1.54, 1.807) is 6.08 Å². The summed E-state index contributed by atoms with van der Waals surface area (Å²) in [6.45, 7) is 3.73. The van der Waals surface area contributed by atoms with Gasteiger partial charge in [0.2, 0.25) is 0 Å². The van der Waals surface area contributed by atoms with Gasteiger partial charge in [0.1, 0.15) is 0 Å². The van der Waals surface area contributed by atoms with Crippen LogP contribution in [-0.4, -0.2) is 11.1 Å². The number of carboxylic acids is 1. The lowest BCUT2D eigenvalue weighted by Gasteiger charge is -2.13. The molecular weight excluding hydrogens is 128 g/mol. The third-order valence-electron chi connectivity index (χ3n) is 1.60. The molecule has 0 aromatic heterocycles. The van der Waals surface area contributed by atoms with Gasteiger partial charge in [0.25, 0.3) is 0 Å². The molecule has 0 radical (unpaired) electrons. The average molecular weight is 138 g/mol. The summed E-state index contributed by atoms with van der Waals surface area (Å²) in [5, 5.41) is 8.56. The van der Waals surface area contributed by atoms with Gasteiger partial charge in [-0.15, -0.1) is 0 Å². The van der Waals surface area contributed by atoms with Crippen LogP contribution in [0.1, 0.15) is 12.8 Å². The first-order valence-corrected chi connectivity index (χ1v) is 3.26. The second-order valence-corrected chi connectivity index (χ2v) is 2.53. The fourth-order valence-corrected chi connectivity index (χ4v) is 1.03. The summed E-state index contributed by atoms with van der Waals surface area (Å²) >= 11 is 0. The summed E-state index contributed by atoms with van der Waals surface area (Å²) in [6, 6.07) is 0. The molecule has 10 heavy (non-hydrogen) atoms. The summed E-state index contributed by atoms with van der Waals surface area (Å²) in [5.74, 6) is -1.08. The fourth-order valence-electron chi connectivity index (χ4n) is 1.03. The van der Waals surface area contributed by atoms with Crippen LogP contribution in [-0.2, 0) is 4.79 Å². The van der Waals surface area contributed by atoms with Gasteiger partial charge in [0, 0.05) is 0 Å². The molecule has 0 saturated heterocycles. The molecule has 0 amide bonds. The van der Waals surface area contributed by atoms with Gasteiger partial charge in [-0.3, -0.25) is 4.79 Å². The zero-order chi connectivity index (χ0) is 7.56. The Morgan fingerprint density at radius 2 is 2.50 bits per heavy atom. The predicted molar refractivity (Wildman–Crippen MR) is 38.6 cm³/mol. The SMILES string of the molecule is C=C1CC=CC(C(=O)O)C1. The molecule has 0 aromatic rings. The van der Waals surface area contributed by atoms with Crippen LogP contribution in [0, 0.1) is 5.92 Å². The predicted octanol–water partition coefficient (Wildman–Crippen LogP) is 1.59. The van der Waals surface area contributed by atoms with E-state index in [1.165, 1.54) is 0 Å². The molecule has 0 aliphatic heterocycles. The van der Waals surface area contributed by atoms with Crippen molar-refractivity contribution < 1.29 is 9.90 Å². The Hall–Kier alpha value is -1.05. The van der Waals surface area contributed by atoms with Crippen molar-refractivity contribution in [2.24, 2.45) is 5.92 Å². The number of rotatable bonds is 1. The van der Waals surface area contributed by atoms with Gasteiger partial charge in [-0.25, -0.2) is 0 Å². The van der Waals surface area contributed by atoms with E-state index in [0.717, 1.165) is 12.0 Å². The summed E-state index contributed by atoms with van der Waals surface area (Å²) in [7, 11) is 0. The Morgan fingerprint density at radius 3 is 2.90 bits per heavy atom. The zero-order valence-electron chi connectivity index (χ0n) is 5.71. The fraction of sp³-hybridized carbons (Fsp3) is 0.375. The smallest absolute Gasteiger partial charge is 0.310 e. The topological polar surface area (TPSA) is 37.3 Å². The van der Waals surface area contributed by atoms with Crippen LogP contribution >= 0.6 is 0 Å². The Bertz CT molecular complexity index is 191. The maximum atomic E-state index is 10.4. The lowest BCUT2D eigenvalue weighted by molar-refractivity contribution is -0.140. The van der Waals surface area contributed by atoms with E-state index in [4.69, 9.17) is 5.11 Å². The van der Waals surface area contributed by atoms with Crippen LogP contribution < -0.4 is 0 Å². The second kappa shape index (κ2) is 2.69. The van der Waals surface area contributed by atoms with Crippen LogP contribution in [0.3, 0.4) is 0 Å². The standard InChI is InChI=1S/C8H10O2/c1-6-3-2-4-7(5-6)8(9)10/h2,4,7H,1,3,5H2,(H,9,10). The van der Waals surface area contributed by atoms with E-state index in [2.05, 4.69) is 6.58 Å². The molecule has 1 atom stereocenters. The van der Waals surface area contributed by atoms with E-state index >= 15 is 0 Å². The van der Waals surface area contributed by atoms with Gasteiger partial charge < -0.3 is 5.11 Å². The summed E-state index contributed by atoms with van der Waals surface area (Å²) < 4.78 is 0. The number of hydrogen-bond acceptors (Lipinski definition) is 1. The maximum absolute atomic E-state index is 10.4. The van der Waals surface area contributed by atoms with Crippen molar-refractivity contribution >= 4 is 5.97 Å². The van der Waals surface area contributed by atoms with Crippen molar-refractivity contribution in [3.63, 3.8) is 0 Å². The highest BCUT2D eigenvalue weighted by Crippen LogP contribution is 2.20. The first kappa shape index (κ1) is 7.06. The maximum Gasteiger partial charge on any atom is 0.310 e. The van der Waals surface area contributed by atoms with Crippen molar-refractivity contribution in [3.05, 3.63) is 24.3 Å². The molecule has 0 bridgehead atoms. The molecule has 0 heterocycles. The molecule has 1 rings (SSSR count). The highest BCUT2D eigenvalue weighted by molar-refractivity contribution is 5.72. The van der Waals surface area contributed by atoms with Crippen molar-refractivity contribution in [2.45, 2.75) is 12.8 Å². The lowest BCUT2D eigenvalue weighted by atomic mass is 9.93. The number of aliphatic carboxylic acids is 1. The molecule has 0 spiro atoms. The van der Waals surface area contributed by atoms with Crippen LogP contribution in [0.2, 0.25) is 0 Å². The van der Waals surface area contributed by atoms with Crippen LogP contribution in [0.15, 0.2) is 24.3 Å². The Kier molecular flexibility index (Phi) is 1.90. The molecule has 0 saturated carbocycles. The summed E-state index contributed by atoms with van der Waals surface area (Å²) in [5.41, 5.74) is 1.01. The quantitative estimate of drug-likeness (QED) is 0.559. The number of carbonyl (C=O) groups is 1. The highest BCUT2D eigenvalue weighted by atomic mass is 16.4. The van der Waals surface area contributed by atoms with E-state index < -0.39 is 5.97 Å². The third kappa shape index (κ3) is 1.47. The van der Waals surface area contributed by atoms with Crippen LogP contribution in [0.5, 0.6) is 0 Å². The highest BCUT2D eigenvalue weighted by Gasteiger charge is 2.17. The van der Waals surface area contributed by atoms with Crippen LogP contribution in [0.25, 0.3) is 0 Å². The normalized spacial score (nSPS) is 24.8. The largest absolute Gasteiger partial charge is 0.481 e. The molecular formula is C8H10O2. The average Bonchev–Trinajstić information content (AvgIpc) is 1.88. The van der Waals surface area contributed by atoms with Gasteiger partial charge in [0.15, 0.2) is 0 Å². The summed E-state index contributed by atoms with van der Waals surface area (Å²) in [6.07, 6.45) is 5.04. The molecule has 2 heteroatoms. The molecule has 0 aromatic carbocycles. The van der Waals surface area contributed by atoms with Crippen molar-refractivity contribution in [1.29, 1.82) is 0 Å². The number of hydrogen-bond donors (Lipinski definition) is 1. The first-order chi connectivity index (χ1) is 4.70. The number of allylic oxidation sites excluding steroid dienone is 2. The van der Waals surface area contributed by atoms with Gasteiger partial charge in [-0.05, 0) is 12.8 Å². The minimum Gasteiger partial charge on any atom is -0.481 e. The molecule has 54 valence electrons. The van der Waals surface area contributed by atoms with Crippen molar-refractivity contribution in [1.82, 2.24) is 0 Å². The van der Waals surface area contributed by atoms with E-state index in [-0.39, 0.29) is 5.92 Å². The van der Waals surface area contributed by atoms with Crippen molar-refractivity contribution in [2.75, 3.05) is 0 Å². The molecule has 1 N–H and O–H groups in total. The molecule has 1 aliphatic carbocycles. The molecule has 2 nitrogen and oxygen atoms in total. The van der Waals surface area contributed by atoms with Gasteiger partial charge in [0.05, 0.1) is 5.92 Å². The van der Waals surface area contributed by atoms with E-state index in [9.17, 15) is 4.79 Å². The molecule has 1 aliphatic rings. The van der Waals surface area contributed by atoms with E-state index in [0.29, 0.717) is 6.42 Å². The Labute approximate surface area is 59.9 Å². The lowest BCUT2D eigenvalue weighted by Crippen LogP contribution is -2.13. The Morgan fingerprint density at radius 1 is 1.80 bits per heavy atom. The minimum absolute atomic E-state index is 0.332. The monoisotopic (exact) mass is 138 g/mol. The van der Waals surface area contributed by atoms with Gasteiger partial charge in [-0.1, -0.05) is 24.3 Å². The zero-order valence-corrected chi connectivity index (χ0v) is 5.71. The molecule has 1 unspecified atom stereocenters. The van der Waals surface area contributed by atoms with Crippen LogP contribution in [0.4, 0.5) is 0 Å². The van der Waals surface area contributed by atoms with Crippen molar-refractivity contribution in [3.8, 4) is 0 Å². The second-order valence-electron chi connectivity index (χ2n) is 2.53. The minimum atomic E-state index is -0.753. The first-order valence-electron chi connectivity index (χ1n) is 3.26. The Balaban J connectivity index is 2.64. The van der Waals surface area contributed by atoms with E-state index in [1.807, 2.05) is 6.08 Å². The van der Waals surface area contributed by atoms with Gasteiger partial charge >= 0.3 is 5.97 Å².